The SMILES string of the molecule is COC(=O)c1c(N)c(C#N)cn1-c1ccccc1Cc1nc(-c2cccnc2)no1. The van der Waals surface area contributed by atoms with E-state index >= 15 is 0 Å². The Morgan fingerprint density at radius 1 is 1.30 bits per heavy atom. The molecule has 0 amide bonds. The monoisotopic (exact) mass is 400 g/mol. The Kier molecular flexibility index (Phi) is 4.97. The topological polar surface area (TPSA) is 133 Å². The molecule has 0 atom stereocenters. The van der Waals surface area contributed by atoms with Gasteiger partial charge in [-0.3, -0.25) is 4.98 Å². The van der Waals surface area contributed by atoms with E-state index in [0.29, 0.717) is 23.8 Å². The first-order valence-electron chi connectivity index (χ1n) is 8.93. The fourth-order valence-electron chi connectivity index (χ4n) is 3.10. The van der Waals surface area contributed by atoms with Crippen LogP contribution in [0, 0.1) is 11.3 Å². The van der Waals surface area contributed by atoms with Gasteiger partial charge in [0.25, 0.3) is 0 Å². The Morgan fingerprint density at radius 2 is 2.13 bits per heavy atom. The Hall–Kier alpha value is -4.45. The number of anilines is 1. The van der Waals surface area contributed by atoms with Gasteiger partial charge in [-0.15, -0.1) is 0 Å². The molecular formula is C21H16N6O3. The Balaban J connectivity index is 1.74. The van der Waals surface area contributed by atoms with Gasteiger partial charge in [-0.1, -0.05) is 23.4 Å². The number of nitrogen functional groups attached to an aromatic ring is 1. The fourth-order valence-corrected chi connectivity index (χ4v) is 3.10. The van der Waals surface area contributed by atoms with Crippen LogP contribution in [0.5, 0.6) is 0 Å². The minimum Gasteiger partial charge on any atom is -0.464 e. The average Bonchev–Trinajstić information content (AvgIpc) is 3.38. The first-order chi connectivity index (χ1) is 14.6. The van der Waals surface area contributed by atoms with Crippen LogP contribution in [-0.2, 0) is 11.2 Å². The summed E-state index contributed by atoms with van der Waals surface area (Å²) in [6.45, 7) is 0. The zero-order valence-electron chi connectivity index (χ0n) is 15.9. The van der Waals surface area contributed by atoms with Crippen LogP contribution in [0.1, 0.15) is 27.5 Å². The third-order valence-corrected chi connectivity index (χ3v) is 4.52. The van der Waals surface area contributed by atoms with Crippen molar-refractivity contribution in [2.45, 2.75) is 6.42 Å². The maximum absolute atomic E-state index is 12.3. The zero-order chi connectivity index (χ0) is 21.1. The van der Waals surface area contributed by atoms with Gasteiger partial charge >= 0.3 is 5.97 Å². The molecule has 0 aliphatic carbocycles. The minimum absolute atomic E-state index is 0.0656. The molecule has 0 saturated heterocycles. The van der Waals surface area contributed by atoms with Crippen LogP contribution in [0.2, 0.25) is 0 Å². The van der Waals surface area contributed by atoms with E-state index in [1.807, 2.05) is 30.3 Å². The number of methoxy groups -OCH3 is 1. The van der Waals surface area contributed by atoms with Gasteiger partial charge in [0.15, 0.2) is 5.69 Å². The van der Waals surface area contributed by atoms with Crippen LogP contribution < -0.4 is 5.73 Å². The number of hydrogen-bond acceptors (Lipinski definition) is 8. The molecule has 9 nitrogen and oxygen atoms in total. The summed E-state index contributed by atoms with van der Waals surface area (Å²) in [7, 11) is 1.26. The number of carbonyl (C=O) groups excluding carboxylic acids is 1. The molecule has 4 rings (SSSR count). The average molecular weight is 400 g/mol. The van der Waals surface area contributed by atoms with E-state index in [1.54, 1.807) is 29.1 Å². The molecule has 4 aromatic rings. The van der Waals surface area contributed by atoms with Crippen molar-refractivity contribution in [2.24, 2.45) is 0 Å². The molecule has 148 valence electrons. The number of ether oxygens (including phenoxy) is 1. The molecule has 0 spiro atoms. The molecule has 0 bridgehead atoms. The summed E-state index contributed by atoms with van der Waals surface area (Å²) < 4.78 is 11.8. The van der Waals surface area contributed by atoms with Crippen LogP contribution in [0.3, 0.4) is 0 Å². The van der Waals surface area contributed by atoms with Crippen molar-refractivity contribution < 1.29 is 14.1 Å². The Labute approximate surface area is 171 Å². The molecule has 0 saturated carbocycles. The maximum atomic E-state index is 12.3. The molecule has 0 aliphatic rings. The minimum atomic E-state index is -0.638. The molecular weight excluding hydrogens is 384 g/mol. The smallest absolute Gasteiger partial charge is 0.357 e. The van der Waals surface area contributed by atoms with Crippen molar-refractivity contribution in [1.82, 2.24) is 19.7 Å². The van der Waals surface area contributed by atoms with E-state index in [4.69, 9.17) is 15.0 Å². The van der Waals surface area contributed by atoms with Gasteiger partial charge in [0.05, 0.1) is 24.8 Å². The molecule has 1 aromatic carbocycles. The second-order valence-electron chi connectivity index (χ2n) is 6.34. The number of nitrogens with two attached hydrogens (primary N) is 1. The highest BCUT2D eigenvalue weighted by molar-refractivity contribution is 5.96. The summed E-state index contributed by atoms with van der Waals surface area (Å²) in [5.41, 5.74) is 8.52. The molecule has 9 heteroatoms. The van der Waals surface area contributed by atoms with E-state index in [1.165, 1.54) is 13.3 Å². The highest BCUT2D eigenvalue weighted by Gasteiger charge is 2.23. The zero-order valence-corrected chi connectivity index (χ0v) is 15.9. The number of rotatable bonds is 5. The van der Waals surface area contributed by atoms with Crippen molar-refractivity contribution in [3.63, 3.8) is 0 Å². The van der Waals surface area contributed by atoms with Gasteiger partial charge in [0, 0.05) is 29.8 Å². The van der Waals surface area contributed by atoms with Gasteiger partial charge in [0.2, 0.25) is 11.7 Å². The second kappa shape index (κ2) is 7.89. The molecule has 0 aliphatic heterocycles. The highest BCUT2D eigenvalue weighted by atomic mass is 16.5. The van der Waals surface area contributed by atoms with Crippen molar-refractivity contribution in [1.29, 1.82) is 5.26 Å². The quantitative estimate of drug-likeness (QED) is 0.506. The van der Waals surface area contributed by atoms with Gasteiger partial charge in [0.1, 0.15) is 6.07 Å². The second-order valence-corrected chi connectivity index (χ2v) is 6.34. The van der Waals surface area contributed by atoms with E-state index in [2.05, 4.69) is 15.1 Å². The largest absolute Gasteiger partial charge is 0.464 e. The summed E-state index contributed by atoms with van der Waals surface area (Å²) >= 11 is 0. The van der Waals surface area contributed by atoms with E-state index in [0.717, 1.165) is 11.1 Å². The number of benzene rings is 1. The third kappa shape index (κ3) is 3.38. The predicted octanol–water partition coefficient (Wildman–Crippen LogP) is 2.75. The van der Waals surface area contributed by atoms with Crippen molar-refractivity contribution in [3.8, 4) is 23.1 Å². The lowest BCUT2D eigenvalue weighted by Crippen LogP contribution is -2.12. The van der Waals surface area contributed by atoms with Gasteiger partial charge in [-0.2, -0.15) is 10.2 Å². The lowest BCUT2D eigenvalue weighted by molar-refractivity contribution is 0.0593. The first kappa shape index (κ1) is 18.9. The molecule has 3 heterocycles. The van der Waals surface area contributed by atoms with Crippen LogP contribution in [0.25, 0.3) is 17.1 Å². The number of hydrogen-bond donors (Lipinski definition) is 1. The van der Waals surface area contributed by atoms with Crippen molar-refractivity contribution in [2.75, 3.05) is 12.8 Å². The highest BCUT2D eigenvalue weighted by Crippen LogP contribution is 2.27. The number of pyridine rings is 1. The van der Waals surface area contributed by atoms with E-state index < -0.39 is 5.97 Å². The Morgan fingerprint density at radius 3 is 2.87 bits per heavy atom. The summed E-state index contributed by atoms with van der Waals surface area (Å²) in [6, 6.07) is 13.0. The summed E-state index contributed by atoms with van der Waals surface area (Å²) in [5, 5.41) is 13.3. The molecule has 0 fully saturated rings. The molecule has 0 radical (unpaired) electrons. The van der Waals surface area contributed by atoms with Crippen LogP contribution >= 0.6 is 0 Å². The van der Waals surface area contributed by atoms with Gasteiger partial charge < -0.3 is 19.6 Å². The van der Waals surface area contributed by atoms with Crippen molar-refractivity contribution >= 4 is 11.7 Å². The predicted molar refractivity (Wildman–Crippen MR) is 107 cm³/mol. The third-order valence-electron chi connectivity index (χ3n) is 4.52. The Bertz CT molecular complexity index is 1250. The van der Waals surface area contributed by atoms with Gasteiger partial charge in [-0.05, 0) is 23.8 Å². The number of para-hydroxylation sites is 1. The first-order valence-corrected chi connectivity index (χ1v) is 8.93. The molecule has 3 aromatic heterocycles. The van der Waals surface area contributed by atoms with Gasteiger partial charge in [-0.25, -0.2) is 4.79 Å². The fraction of sp³-hybridized carbons (Fsp3) is 0.0952. The van der Waals surface area contributed by atoms with Crippen molar-refractivity contribution in [3.05, 3.63) is 77.7 Å². The lowest BCUT2D eigenvalue weighted by Gasteiger charge is -2.12. The molecule has 30 heavy (non-hydrogen) atoms. The molecule has 2 N–H and O–H groups in total. The summed E-state index contributed by atoms with van der Waals surface area (Å²) in [5.74, 6) is 0.185. The standard InChI is InChI=1S/C21H16N6O3/c1-29-21(28)19-18(23)15(10-22)12-27(19)16-7-3-2-5-13(16)9-17-25-20(26-30-17)14-6-4-8-24-11-14/h2-8,11-12H,9,23H2,1H3. The lowest BCUT2D eigenvalue weighted by atomic mass is 10.1. The number of nitriles is 1. The van der Waals surface area contributed by atoms with Crippen LogP contribution in [0.15, 0.2) is 59.5 Å². The molecule has 0 unspecified atom stereocenters. The number of esters is 1. The normalized spacial score (nSPS) is 10.5. The summed E-state index contributed by atoms with van der Waals surface area (Å²) in [6.07, 6.45) is 5.13. The number of nitrogens with zero attached hydrogens (tertiary/aromatic N) is 5. The number of aromatic nitrogens is 4. The van der Waals surface area contributed by atoms with E-state index in [9.17, 15) is 10.1 Å². The maximum Gasteiger partial charge on any atom is 0.357 e. The van der Waals surface area contributed by atoms with Crippen LogP contribution in [-0.4, -0.2) is 32.8 Å². The van der Waals surface area contributed by atoms with E-state index in [-0.39, 0.29) is 16.9 Å². The van der Waals surface area contributed by atoms with Crippen LogP contribution in [0.4, 0.5) is 5.69 Å². The number of carbonyl (C=O) groups is 1. The summed E-state index contributed by atoms with van der Waals surface area (Å²) in [4.78, 5) is 20.8.